The van der Waals surface area contributed by atoms with Crippen molar-refractivity contribution in [1.29, 1.82) is 0 Å². The van der Waals surface area contributed by atoms with Gasteiger partial charge in [-0.1, -0.05) is 25.7 Å². The molecule has 4 heteroatoms. The van der Waals surface area contributed by atoms with Crippen LogP contribution >= 0.6 is 0 Å². The van der Waals surface area contributed by atoms with E-state index in [4.69, 9.17) is 0 Å². The molecule has 0 aromatic rings. The molecule has 0 atom stereocenters. The smallest absolute Gasteiger partial charge is 0.00793 e. The SMILES string of the molecule is C1CCC(NCCNCCNCCCN2CCCCC2)CC1. The van der Waals surface area contributed by atoms with E-state index in [1.54, 1.807) is 0 Å². The highest BCUT2D eigenvalue weighted by Crippen LogP contribution is 2.16. The first-order valence-electron chi connectivity index (χ1n) is 9.82. The van der Waals surface area contributed by atoms with E-state index in [1.807, 2.05) is 0 Å². The maximum atomic E-state index is 3.68. The second-order valence-corrected chi connectivity index (χ2v) is 7.04. The summed E-state index contributed by atoms with van der Waals surface area (Å²) in [5, 5.41) is 10.8. The Morgan fingerprint density at radius 3 is 2.09 bits per heavy atom. The van der Waals surface area contributed by atoms with Crippen molar-refractivity contribution in [2.75, 3.05) is 52.4 Å². The second-order valence-electron chi connectivity index (χ2n) is 7.04. The topological polar surface area (TPSA) is 39.3 Å². The number of hydrogen-bond acceptors (Lipinski definition) is 4. The molecule has 4 nitrogen and oxygen atoms in total. The lowest BCUT2D eigenvalue weighted by Crippen LogP contribution is -2.38. The van der Waals surface area contributed by atoms with Crippen molar-refractivity contribution in [1.82, 2.24) is 20.9 Å². The van der Waals surface area contributed by atoms with Crippen molar-refractivity contribution in [3.63, 3.8) is 0 Å². The normalized spacial score (nSPS) is 21.3. The van der Waals surface area contributed by atoms with Crippen LogP contribution in [0.2, 0.25) is 0 Å². The number of nitrogens with one attached hydrogen (secondary N) is 3. The predicted octanol–water partition coefficient (Wildman–Crippen LogP) is 1.96. The van der Waals surface area contributed by atoms with Gasteiger partial charge >= 0.3 is 0 Å². The monoisotopic (exact) mass is 310 g/mol. The molecule has 0 unspecified atom stereocenters. The third-order valence-electron chi connectivity index (χ3n) is 5.10. The summed E-state index contributed by atoms with van der Waals surface area (Å²) in [6, 6.07) is 0.795. The summed E-state index contributed by atoms with van der Waals surface area (Å²) in [4.78, 5) is 2.63. The quantitative estimate of drug-likeness (QED) is 0.510. The van der Waals surface area contributed by atoms with E-state index in [0.29, 0.717) is 0 Å². The number of rotatable bonds is 11. The van der Waals surface area contributed by atoms with Crippen molar-refractivity contribution in [3.8, 4) is 0 Å². The fraction of sp³-hybridized carbons (Fsp3) is 1.00. The minimum Gasteiger partial charge on any atom is -0.315 e. The van der Waals surface area contributed by atoms with E-state index in [9.17, 15) is 0 Å². The van der Waals surface area contributed by atoms with Crippen LogP contribution in [0.1, 0.15) is 57.8 Å². The van der Waals surface area contributed by atoms with Gasteiger partial charge in [-0.05, 0) is 58.3 Å². The molecule has 0 amide bonds. The molecule has 22 heavy (non-hydrogen) atoms. The number of piperidine rings is 1. The lowest BCUT2D eigenvalue weighted by atomic mass is 9.95. The molecule has 2 fully saturated rings. The molecule has 1 saturated heterocycles. The third kappa shape index (κ3) is 8.47. The molecular weight excluding hydrogens is 272 g/mol. The van der Waals surface area contributed by atoms with Crippen LogP contribution in [-0.2, 0) is 0 Å². The number of hydrogen-bond donors (Lipinski definition) is 3. The zero-order chi connectivity index (χ0) is 15.3. The Morgan fingerprint density at radius 2 is 1.32 bits per heavy atom. The lowest BCUT2D eigenvalue weighted by molar-refractivity contribution is 0.226. The van der Waals surface area contributed by atoms with Gasteiger partial charge in [0.05, 0.1) is 0 Å². The van der Waals surface area contributed by atoms with Crippen molar-refractivity contribution >= 4 is 0 Å². The molecule has 3 N–H and O–H groups in total. The van der Waals surface area contributed by atoms with Gasteiger partial charge in [0.2, 0.25) is 0 Å². The first-order valence-corrected chi connectivity index (χ1v) is 9.82. The zero-order valence-corrected chi connectivity index (χ0v) is 14.5. The third-order valence-corrected chi connectivity index (χ3v) is 5.10. The summed E-state index contributed by atoms with van der Waals surface area (Å²) in [5.74, 6) is 0. The highest BCUT2D eigenvalue weighted by molar-refractivity contribution is 4.72. The summed E-state index contributed by atoms with van der Waals surface area (Å²) in [6.07, 6.45) is 12.6. The van der Waals surface area contributed by atoms with Gasteiger partial charge in [-0.15, -0.1) is 0 Å². The standard InChI is InChI=1S/C18H38N4/c1-3-8-18(9-4-1)21-14-13-20-12-11-19-10-7-17-22-15-5-2-6-16-22/h18-21H,1-17H2. The maximum absolute atomic E-state index is 3.68. The van der Waals surface area contributed by atoms with Crippen molar-refractivity contribution in [2.24, 2.45) is 0 Å². The Bertz CT molecular complexity index is 221. The van der Waals surface area contributed by atoms with Crippen molar-refractivity contribution in [2.45, 2.75) is 63.8 Å². The first kappa shape index (κ1) is 18.2. The molecule has 0 aromatic carbocycles. The van der Waals surface area contributed by atoms with Gasteiger partial charge < -0.3 is 20.9 Å². The minimum absolute atomic E-state index is 0.795. The minimum atomic E-state index is 0.795. The van der Waals surface area contributed by atoms with E-state index in [1.165, 1.54) is 84.0 Å². The van der Waals surface area contributed by atoms with E-state index < -0.39 is 0 Å². The number of likely N-dealkylation sites (tertiary alicyclic amines) is 1. The van der Waals surface area contributed by atoms with Crippen LogP contribution in [0.3, 0.4) is 0 Å². The van der Waals surface area contributed by atoms with Gasteiger partial charge in [0.1, 0.15) is 0 Å². The van der Waals surface area contributed by atoms with Crippen molar-refractivity contribution in [3.05, 3.63) is 0 Å². The molecule has 1 aliphatic carbocycles. The van der Waals surface area contributed by atoms with Crippen LogP contribution in [0.5, 0.6) is 0 Å². The van der Waals surface area contributed by atoms with E-state index >= 15 is 0 Å². The van der Waals surface area contributed by atoms with Crippen LogP contribution in [0.4, 0.5) is 0 Å². The Kier molecular flexibility index (Phi) is 10.2. The van der Waals surface area contributed by atoms with Crippen LogP contribution in [0, 0.1) is 0 Å². The Labute approximate surface area is 137 Å². The maximum Gasteiger partial charge on any atom is 0.00793 e. The molecule has 0 spiro atoms. The first-order chi connectivity index (χ1) is 10.9. The average Bonchev–Trinajstić information content (AvgIpc) is 2.58. The highest BCUT2D eigenvalue weighted by atomic mass is 15.1. The summed E-state index contributed by atoms with van der Waals surface area (Å²) in [5.41, 5.74) is 0. The Morgan fingerprint density at radius 1 is 0.682 bits per heavy atom. The summed E-state index contributed by atoms with van der Waals surface area (Å²) >= 11 is 0. The van der Waals surface area contributed by atoms with Gasteiger partial charge in [0.25, 0.3) is 0 Å². The molecule has 1 saturated carbocycles. The van der Waals surface area contributed by atoms with Gasteiger partial charge in [0.15, 0.2) is 0 Å². The molecule has 0 bridgehead atoms. The summed E-state index contributed by atoms with van der Waals surface area (Å²) < 4.78 is 0. The van der Waals surface area contributed by atoms with E-state index in [-0.39, 0.29) is 0 Å². The van der Waals surface area contributed by atoms with Gasteiger partial charge in [0, 0.05) is 32.2 Å². The Balaban J connectivity index is 1.28. The average molecular weight is 311 g/mol. The molecule has 0 aromatic heterocycles. The molecule has 1 heterocycles. The van der Waals surface area contributed by atoms with E-state index in [2.05, 4.69) is 20.9 Å². The fourth-order valence-corrected chi connectivity index (χ4v) is 3.71. The molecular formula is C18H38N4. The summed E-state index contributed by atoms with van der Waals surface area (Å²) in [6.45, 7) is 9.53. The zero-order valence-electron chi connectivity index (χ0n) is 14.5. The van der Waals surface area contributed by atoms with Crippen LogP contribution < -0.4 is 16.0 Å². The number of nitrogens with zero attached hydrogens (tertiary/aromatic N) is 1. The van der Waals surface area contributed by atoms with E-state index in [0.717, 1.165) is 32.2 Å². The predicted molar refractivity (Wildman–Crippen MR) is 95.5 cm³/mol. The fourth-order valence-electron chi connectivity index (χ4n) is 3.71. The summed E-state index contributed by atoms with van der Waals surface area (Å²) in [7, 11) is 0. The van der Waals surface area contributed by atoms with Gasteiger partial charge in [-0.2, -0.15) is 0 Å². The lowest BCUT2D eigenvalue weighted by Gasteiger charge is -2.26. The molecule has 130 valence electrons. The highest BCUT2D eigenvalue weighted by Gasteiger charge is 2.11. The molecule has 1 aliphatic heterocycles. The molecule has 2 aliphatic rings. The molecule has 2 rings (SSSR count). The largest absolute Gasteiger partial charge is 0.315 e. The van der Waals surface area contributed by atoms with Crippen molar-refractivity contribution < 1.29 is 0 Å². The van der Waals surface area contributed by atoms with Crippen LogP contribution in [0.25, 0.3) is 0 Å². The van der Waals surface area contributed by atoms with Crippen LogP contribution in [-0.4, -0.2) is 63.3 Å². The second kappa shape index (κ2) is 12.3. The van der Waals surface area contributed by atoms with Crippen LogP contribution in [0.15, 0.2) is 0 Å². The van der Waals surface area contributed by atoms with Gasteiger partial charge in [-0.25, -0.2) is 0 Å². The van der Waals surface area contributed by atoms with Gasteiger partial charge in [-0.3, -0.25) is 0 Å². The molecule has 0 radical (unpaired) electrons. The Hall–Kier alpha value is -0.160.